The van der Waals surface area contributed by atoms with Gasteiger partial charge < -0.3 is 10.2 Å². The van der Waals surface area contributed by atoms with Crippen molar-refractivity contribution in [3.8, 4) is 0 Å². The molecule has 2 aliphatic heterocycles. The number of nitrogens with one attached hydrogen (secondary N) is 1. The van der Waals surface area contributed by atoms with Gasteiger partial charge in [0.2, 0.25) is 0 Å². The predicted molar refractivity (Wildman–Crippen MR) is 83.0 cm³/mol. The monoisotopic (exact) mass is 274 g/mol. The van der Waals surface area contributed by atoms with E-state index in [4.69, 9.17) is 0 Å². The maximum absolute atomic E-state index is 4.47. The van der Waals surface area contributed by atoms with Gasteiger partial charge in [-0.25, -0.2) is 0 Å². The van der Waals surface area contributed by atoms with Crippen LogP contribution in [0.4, 0.5) is 5.69 Å². The molecular formula is C16H26N4. The summed E-state index contributed by atoms with van der Waals surface area (Å²) >= 11 is 0. The number of rotatable bonds is 4. The van der Waals surface area contributed by atoms with Gasteiger partial charge in [0, 0.05) is 50.1 Å². The van der Waals surface area contributed by atoms with Gasteiger partial charge in [0.1, 0.15) is 0 Å². The number of piperazine rings is 1. The number of hydrogen-bond donors (Lipinski definition) is 1. The molecule has 2 aliphatic rings. The van der Waals surface area contributed by atoms with Crippen LogP contribution in [0, 0.1) is 0 Å². The molecule has 2 fully saturated rings. The SMILES string of the molecule is CC(C)NCc1cc(N2CCN3CCCC3C2)ccn1. The summed E-state index contributed by atoms with van der Waals surface area (Å²) in [4.78, 5) is 9.66. The van der Waals surface area contributed by atoms with Gasteiger partial charge in [-0.1, -0.05) is 13.8 Å². The highest BCUT2D eigenvalue weighted by Gasteiger charge is 2.30. The molecule has 4 heteroatoms. The lowest BCUT2D eigenvalue weighted by Gasteiger charge is -2.38. The lowest BCUT2D eigenvalue weighted by molar-refractivity contribution is 0.231. The normalized spacial score (nSPS) is 23.4. The average molecular weight is 274 g/mol. The number of anilines is 1. The molecule has 0 amide bonds. The minimum absolute atomic E-state index is 0.502. The number of nitrogens with zero attached hydrogens (tertiary/aromatic N) is 3. The van der Waals surface area contributed by atoms with Crippen LogP contribution in [0.15, 0.2) is 18.3 Å². The zero-order valence-corrected chi connectivity index (χ0v) is 12.7. The van der Waals surface area contributed by atoms with Gasteiger partial charge >= 0.3 is 0 Å². The van der Waals surface area contributed by atoms with Crippen LogP contribution in [0.1, 0.15) is 32.4 Å². The molecule has 1 aromatic heterocycles. The molecular weight excluding hydrogens is 248 g/mol. The maximum Gasteiger partial charge on any atom is 0.0562 e. The Morgan fingerprint density at radius 3 is 3.10 bits per heavy atom. The Morgan fingerprint density at radius 2 is 2.25 bits per heavy atom. The van der Waals surface area contributed by atoms with Crippen LogP contribution >= 0.6 is 0 Å². The summed E-state index contributed by atoms with van der Waals surface area (Å²) in [6.45, 7) is 10.0. The van der Waals surface area contributed by atoms with Crippen molar-refractivity contribution < 1.29 is 0 Å². The van der Waals surface area contributed by atoms with Gasteiger partial charge in [0.15, 0.2) is 0 Å². The van der Waals surface area contributed by atoms with Crippen LogP contribution in [0.3, 0.4) is 0 Å². The Morgan fingerprint density at radius 1 is 1.35 bits per heavy atom. The summed E-state index contributed by atoms with van der Waals surface area (Å²) in [5.74, 6) is 0. The standard InChI is InChI=1S/C16H26N4/c1-13(2)18-11-14-10-15(5-6-17-14)20-9-8-19-7-3-4-16(19)12-20/h5-6,10,13,16,18H,3-4,7-9,11-12H2,1-2H3. The zero-order valence-electron chi connectivity index (χ0n) is 12.7. The maximum atomic E-state index is 4.47. The van der Waals surface area contributed by atoms with E-state index in [1.54, 1.807) is 0 Å². The molecule has 1 N–H and O–H groups in total. The van der Waals surface area contributed by atoms with E-state index in [1.165, 1.54) is 38.2 Å². The van der Waals surface area contributed by atoms with Gasteiger partial charge in [-0.2, -0.15) is 0 Å². The number of aromatic nitrogens is 1. The van der Waals surface area contributed by atoms with E-state index < -0.39 is 0 Å². The fourth-order valence-electron chi connectivity index (χ4n) is 3.29. The van der Waals surface area contributed by atoms with E-state index in [0.717, 1.165) is 24.8 Å². The Labute approximate surface area is 122 Å². The van der Waals surface area contributed by atoms with Crippen LogP contribution in [-0.4, -0.2) is 48.1 Å². The van der Waals surface area contributed by atoms with Gasteiger partial charge in [-0.3, -0.25) is 9.88 Å². The minimum Gasteiger partial charge on any atom is -0.369 e. The Bertz CT molecular complexity index is 446. The van der Waals surface area contributed by atoms with Crippen LogP contribution in [0.2, 0.25) is 0 Å². The molecule has 2 saturated heterocycles. The van der Waals surface area contributed by atoms with E-state index in [1.807, 2.05) is 6.20 Å². The second kappa shape index (κ2) is 6.10. The predicted octanol–water partition coefficient (Wildman–Crippen LogP) is 1.86. The lowest BCUT2D eigenvalue weighted by Crippen LogP contribution is -2.50. The van der Waals surface area contributed by atoms with Gasteiger partial charge in [0.05, 0.1) is 5.69 Å². The molecule has 0 bridgehead atoms. The lowest BCUT2D eigenvalue weighted by atomic mass is 10.1. The van der Waals surface area contributed by atoms with E-state index >= 15 is 0 Å². The number of hydrogen-bond acceptors (Lipinski definition) is 4. The Balaban J connectivity index is 1.65. The van der Waals surface area contributed by atoms with Crippen molar-refractivity contribution in [2.24, 2.45) is 0 Å². The molecule has 1 atom stereocenters. The van der Waals surface area contributed by atoms with E-state index in [9.17, 15) is 0 Å². The first kappa shape index (κ1) is 13.8. The minimum atomic E-state index is 0.502. The largest absolute Gasteiger partial charge is 0.369 e. The van der Waals surface area contributed by atoms with Crippen molar-refractivity contribution in [2.75, 3.05) is 31.1 Å². The first-order valence-corrected chi connectivity index (χ1v) is 7.89. The molecule has 1 unspecified atom stereocenters. The highest BCUT2D eigenvalue weighted by Crippen LogP contribution is 2.25. The summed E-state index contributed by atoms with van der Waals surface area (Å²) in [7, 11) is 0. The molecule has 110 valence electrons. The third kappa shape index (κ3) is 3.13. The second-order valence-electron chi connectivity index (χ2n) is 6.32. The molecule has 20 heavy (non-hydrogen) atoms. The molecule has 0 spiro atoms. The zero-order chi connectivity index (χ0) is 13.9. The van der Waals surface area contributed by atoms with Crippen LogP contribution in [0.5, 0.6) is 0 Å². The molecule has 3 heterocycles. The topological polar surface area (TPSA) is 31.4 Å². The molecule has 4 nitrogen and oxygen atoms in total. The molecule has 0 aliphatic carbocycles. The van der Waals surface area contributed by atoms with Crippen molar-refractivity contribution in [3.63, 3.8) is 0 Å². The van der Waals surface area contributed by atoms with E-state index in [-0.39, 0.29) is 0 Å². The fraction of sp³-hybridized carbons (Fsp3) is 0.688. The van der Waals surface area contributed by atoms with E-state index in [2.05, 4.69) is 46.1 Å². The Hall–Kier alpha value is -1.13. The summed E-state index contributed by atoms with van der Waals surface area (Å²) in [6.07, 6.45) is 4.69. The summed E-state index contributed by atoms with van der Waals surface area (Å²) in [5.41, 5.74) is 2.48. The van der Waals surface area contributed by atoms with Crippen LogP contribution in [0.25, 0.3) is 0 Å². The fourth-order valence-corrected chi connectivity index (χ4v) is 3.29. The van der Waals surface area contributed by atoms with Crippen molar-refractivity contribution in [1.29, 1.82) is 0 Å². The van der Waals surface area contributed by atoms with Gasteiger partial charge in [-0.05, 0) is 31.5 Å². The van der Waals surface area contributed by atoms with Crippen molar-refractivity contribution in [1.82, 2.24) is 15.2 Å². The molecule has 0 radical (unpaired) electrons. The third-order valence-corrected chi connectivity index (χ3v) is 4.44. The number of fused-ring (bicyclic) bond motifs is 1. The summed E-state index contributed by atoms with van der Waals surface area (Å²) in [6, 6.07) is 5.68. The van der Waals surface area contributed by atoms with E-state index in [0.29, 0.717) is 6.04 Å². The third-order valence-electron chi connectivity index (χ3n) is 4.44. The quantitative estimate of drug-likeness (QED) is 0.908. The highest BCUT2D eigenvalue weighted by atomic mass is 15.3. The number of pyridine rings is 1. The Kier molecular flexibility index (Phi) is 4.22. The van der Waals surface area contributed by atoms with Gasteiger partial charge in [0.25, 0.3) is 0 Å². The molecule has 0 aromatic carbocycles. The van der Waals surface area contributed by atoms with Crippen molar-refractivity contribution >= 4 is 5.69 Å². The molecule has 0 saturated carbocycles. The van der Waals surface area contributed by atoms with Crippen molar-refractivity contribution in [2.45, 2.75) is 45.3 Å². The second-order valence-corrected chi connectivity index (χ2v) is 6.32. The first-order valence-electron chi connectivity index (χ1n) is 7.89. The van der Waals surface area contributed by atoms with Crippen molar-refractivity contribution in [3.05, 3.63) is 24.0 Å². The average Bonchev–Trinajstić information content (AvgIpc) is 2.93. The van der Waals surface area contributed by atoms with Crippen LogP contribution in [-0.2, 0) is 6.54 Å². The smallest absolute Gasteiger partial charge is 0.0562 e. The summed E-state index contributed by atoms with van der Waals surface area (Å²) < 4.78 is 0. The molecule has 1 aromatic rings. The summed E-state index contributed by atoms with van der Waals surface area (Å²) in [5, 5.41) is 3.44. The highest BCUT2D eigenvalue weighted by molar-refractivity contribution is 5.47. The first-order chi connectivity index (χ1) is 9.72. The molecule has 3 rings (SSSR count). The van der Waals surface area contributed by atoms with Crippen LogP contribution < -0.4 is 10.2 Å². The van der Waals surface area contributed by atoms with Gasteiger partial charge in [-0.15, -0.1) is 0 Å².